The van der Waals surface area contributed by atoms with Gasteiger partial charge in [-0.2, -0.15) is 10.1 Å². The number of hydrogen-bond donors (Lipinski definition) is 0. The van der Waals surface area contributed by atoms with Crippen LogP contribution in [0.25, 0.3) is 16.7 Å². The summed E-state index contributed by atoms with van der Waals surface area (Å²) in [6.45, 7) is 6.31. The lowest BCUT2D eigenvalue weighted by atomic mass is 10.0. The summed E-state index contributed by atoms with van der Waals surface area (Å²) in [6.07, 6.45) is 9.71. The van der Waals surface area contributed by atoms with E-state index < -0.39 is 0 Å². The Labute approximate surface area is 159 Å². The van der Waals surface area contributed by atoms with Crippen LogP contribution in [0.4, 0.5) is 0 Å². The third kappa shape index (κ3) is 3.23. The molecule has 0 radical (unpaired) electrons. The second-order valence-corrected chi connectivity index (χ2v) is 6.93. The first-order valence-electron chi connectivity index (χ1n) is 9.25. The zero-order chi connectivity index (χ0) is 19.0. The zero-order valence-electron chi connectivity index (χ0n) is 16.1. The van der Waals surface area contributed by atoms with Crippen molar-refractivity contribution in [2.75, 3.05) is 7.11 Å². The lowest BCUT2D eigenvalue weighted by molar-refractivity contribution is 0.377. The number of rotatable bonds is 5. The largest absolute Gasteiger partial charge is 0.467 e. The van der Waals surface area contributed by atoms with E-state index in [1.54, 1.807) is 7.11 Å². The van der Waals surface area contributed by atoms with E-state index in [9.17, 15) is 0 Å². The van der Waals surface area contributed by atoms with Crippen molar-refractivity contribution < 1.29 is 4.74 Å². The molecule has 0 aliphatic heterocycles. The number of ether oxygens (including phenoxy) is 1. The summed E-state index contributed by atoms with van der Waals surface area (Å²) in [6, 6.07) is 4.95. The van der Waals surface area contributed by atoms with E-state index in [-0.39, 0.29) is 0 Å². The van der Waals surface area contributed by atoms with Crippen molar-refractivity contribution in [2.24, 2.45) is 0 Å². The monoisotopic (exact) mass is 361 g/mol. The molecule has 0 unspecified atom stereocenters. The normalized spacial score (nSPS) is 13.0. The Bertz CT molecular complexity index is 997. The first-order valence-corrected chi connectivity index (χ1v) is 9.25. The van der Waals surface area contributed by atoms with Crippen molar-refractivity contribution in [3.05, 3.63) is 59.4 Å². The van der Waals surface area contributed by atoms with Crippen LogP contribution in [0.3, 0.4) is 0 Å². The molecule has 3 aromatic rings. The number of aromatic nitrogens is 5. The molecule has 6 heteroatoms. The van der Waals surface area contributed by atoms with Gasteiger partial charge in [0.05, 0.1) is 24.7 Å². The van der Waals surface area contributed by atoms with Gasteiger partial charge in [0.2, 0.25) is 0 Å². The van der Waals surface area contributed by atoms with Crippen molar-refractivity contribution in [1.29, 1.82) is 0 Å². The molecule has 27 heavy (non-hydrogen) atoms. The lowest BCUT2D eigenvalue weighted by Crippen LogP contribution is -2.01. The van der Waals surface area contributed by atoms with Gasteiger partial charge in [0.1, 0.15) is 0 Å². The average molecular weight is 361 g/mol. The average Bonchev–Trinajstić information content (AvgIpc) is 3.34. The third-order valence-corrected chi connectivity index (χ3v) is 4.80. The minimum Gasteiger partial charge on any atom is -0.467 e. The molecule has 0 spiro atoms. The lowest BCUT2D eigenvalue weighted by Gasteiger charge is -2.10. The summed E-state index contributed by atoms with van der Waals surface area (Å²) in [5.74, 6) is 0. The topological polar surface area (TPSA) is 65.7 Å². The van der Waals surface area contributed by atoms with Gasteiger partial charge in [-0.3, -0.25) is 9.67 Å². The molecule has 0 fully saturated rings. The molecule has 3 aromatic heterocycles. The standard InChI is InChI=1S/C21H23N5O/c1-5-16-9-20(25-21(24-16)27-4)17-6-7-19-18(17)8-14(10-22-19)15-11-23-26(12-15)13(2)3/h6,8-13H,5,7H2,1-4H3. The molecule has 0 amide bonds. The van der Waals surface area contributed by atoms with E-state index in [4.69, 9.17) is 4.74 Å². The maximum Gasteiger partial charge on any atom is 0.316 e. The van der Waals surface area contributed by atoms with E-state index in [2.05, 4.69) is 59.2 Å². The number of pyridine rings is 1. The Morgan fingerprint density at radius 3 is 2.70 bits per heavy atom. The minimum atomic E-state index is 0.331. The van der Waals surface area contributed by atoms with E-state index in [1.807, 2.05) is 23.1 Å². The highest BCUT2D eigenvalue weighted by Gasteiger charge is 2.20. The van der Waals surface area contributed by atoms with Crippen LogP contribution in [0.5, 0.6) is 6.01 Å². The van der Waals surface area contributed by atoms with E-state index in [0.717, 1.165) is 52.2 Å². The van der Waals surface area contributed by atoms with Gasteiger partial charge in [0.25, 0.3) is 0 Å². The van der Waals surface area contributed by atoms with E-state index >= 15 is 0 Å². The Morgan fingerprint density at radius 1 is 1.15 bits per heavy atom. The van der Waals surface area contributed by atoms with Crippen LogP contribution in [0.1, 0.15) is 49.5 Å². The van der Waals surface area contributed by atoms with Crippen LogP contribution in [-0.4, -0.2) is 31.8 Å². The SMILES string of the molecule is CCc1cc(C2=CCc3ncc(-c4cnn(C(C)C)c4)cc32)nc(OC)n1. The minimum absolute atomic E-state index is 0.331. The molecule has 0 aromatic carbocycles. The molecule has 0 atom stereocenters. The number of nitrogens with zero attached hydrogens (tertiary/aromatic N) is 5. The molecular weight excluding hydrogens is 338 g/mol. The van der Waals surface area contributed by atoms with Gasteiger partial charge >= 0.3 is 6.01 Å². The quantitative estimate of drug-likeness (QED) is 0.690. The van der Waals surface area contributed by atoms with Crippen LogP contribution in [0.2, 0.25) is 0 Å². The fourth-order valence-electron chi connectivity index (χ4n) is 3.25. The summed E-state index contributed by atoms with van der Waals surface area (Å²) < 4.78 is 7.25. The molecule has 6 nitrogen and oxygen atoms in total. The van der Waals surface area contributed by atoms with Crippen LogP contribution < -0.4 is 4.74 Å². The molecule has 0 bridgehead atoms. The molecular formula is C21H23N5O. The summed E-state index contributed by atoms with van der Waals surface area (Å²) in [5.41, 5.74) is 7.26. The molecule has 0 saturated carbocycles. The van der Waals surface area contributed by atoms with Crippen LogP contribution in [-0.2, 0) is 12.8 Å². The number of fused-ring (bicyclic) bond motifs is 1. The highest BCUT2D eigenvalue weighted by molar-refractivity contribution is 5.84. The van der Waals surface area contributed by atoms with Gasteiger partial charge in [-0.1, -0.05) is 13.0 Å². The summed E-state index contributed by atoms with van der Waals surface area (Å²) in [4.78, 5) is 13.6. The molecule has 1 aliphatic rings. The first-order chi connectivity index (χ1) is 13.1. The maximum atomic E-state index is 5.29. The van der Waals surface area contributed by atoms with Crippen molar-refractivity contribution >= 4 is 5.57 Å². The van der Waals surface area contributed by atoms with Gasteiger partial charge in [0.15, 0.2) is 0 Å². The van der Waals surface area contributed by atoms with Gasteiger partial charge in [-0.25, -0.2) is 4.98 Å². The van der Waals surface area contributed by atoms with Crippen molar-refractivity contribution in [3.8, 4) is 17.1 Å². The van der Waals surface area contributed by atoms with Crippen LogP contribution >= 0.6 is 0 Å². The molecule has 3 heterocycles. The second kappa shape index (κ2) is 6.95. The second-order valence-electron chi connectivity index (χ2n) is 6.93. The van der Waals surface area contributed by atoms with Gasteiger partial charge in [-0.05, 0) is 32.4 Å². The van der Waals surface area contributed by atoms with Gasteiger partial charge in [0, 0.05) is 52.8 Å². The molecule has 1 aliphatic carbocycles. The molecule has 138 valence electrons. The van der Waals surface area contributed by atoms with Gasteiger partial charge < -0.3 is 4.74 Å². The van der Waals surface area contributed by atoms with E-state index in [0.29, 0.717) is 12.1 Å². The summed E-state index contributed by atoms with van der Waals surface area (Å²) >= 11 is 0. The van der Waals surface area contributed by atoms with Crippen molar-refractivity contribution in [1.82, 2.24) is 24.7 Å². The first kappa shape index (κ1) is 17.4. The summed E-state index contributed by atoms with van der Waals surface area (Å²) in [5, 5.41) is 4.45. The fraction of sp³-hybridized carbons (Fsp3) is 0.333. The smallest absolute Gasteiger partial charge is 0.316 e. The van der Waals surface area contributed by atoms with E-state index in [1.165, 1.54) is 0 Å². The Morgan fingerprint density at radius 2 is 2.00 bits per heavy atom. The number of aryl methyl sites for hydroxylation is 1. The molecule has 4 rings (SSSR count). The highest BCUT2D eigenvalue weighted by Crippen LogP contribution is 2.34. The Balaban J connectivity index is 1.75. The number of methoxy groups -OCH3 is 1. The van der Waals surface area contributed by atoms with Gasteiger partial charge in [-0.15, -0.1) is 0 Å². The maximum absolute atomic E-state index is 5.29. The van der Waals surface area contributed by atoms with Crippen molar-refractivity contribution in [2.45, 2.75) is 39.7 Å². The number of allylic oxidation sites excluding steroid dienone is 1. The summed E-state index contributed by atoms with van der Waals surface area (Å²) in [7, 11) is 1.60. The Hall–Kier alpha value is -3.02. The molecule has 0 saturated heterocycles. The van der Waals surface area contributed by atoms with Crippen LogP contribution in [0.15, 0.2) is 36.8 Å². The highest BCUT2D eigenvalue weighted by atomic mass is 16.5. The number of hydrogen-bond acceptors (Lipinski definition) is 5. The van der Waals surface area contributed by atoms with Crippen molar-refractivity contribution in [3.63, 3.8) is 0 Å². The predicted molar refractivity (Wildman–Crippen MR) is 105 cm³/mol. The zero-order valence-corrected chi connectivity index (χ0v) is 16.1. The fourth-order valence-corrected chi connectivity index (χ4v) is 3.25. The predicted octanol–water partition coefficient (Wildman–Crippen LogP) is 3.87. The third-order valence-electron chi connectivity index (χ3n) is 4.80. The Kier molecular flexibility index (Phi) is 4.48. The molecule has 0 N–H and O–H groups in total. The van der Waals surface area contributed by atoms with Crippen LogP contribution in [0, 0.1) is 0 Å².